The first-order chi connectivity index (χ1) is 46.5. The molecule has 0 spiro atoms. The molecule has 28 nitrogen and oxygen atoms in total. The minimum atomic E-state index is -1.17. The molecule has 540 valence electrons. The Balaban J connectivity index is 1.18. The molecule has 0 saturated carbocycles. The Morgan fingerprint density at radius 3 is 1.98 bits per heavy atom. The van der Waals surface area contributed by atoms with Crippen LogP contribution in [0.15, 0.2) is 66.2 Å². The fourth-order valence-electron chi connectivity index (χ4n) is 12.3. The Bertz CT molecular complexity index is 3160. The van der Waals surface area contributed by atoms with Gasteiger partial charge in [-0.05, 0) is 85.5 Å². The third-order valence-electron chi connectivity index (χ3n) is 17.9. The number of thiazole rings is 1. The second-order valence-corrected chi connectivity index (χ2v) is 27.1. The molecule has 8 N–H and O–H groups in total. The fourth-order valence-corrected chi connectivity index (χ4v) is 13.0. The smallest absolute Gasteiger partial charge is 0.410 e. The second-order valence-electron chi connectivity index (χ2n) is 26.2. The fraction of sp³-hybridized carbons (Fsp3) is 0.609. The number of imide groups is 1. The van der Waals surface area contributed by atoms with Gasteiger partial charge in [0.1, 0.15) is 35.8 Å². The highest BCUT2D eigenvalue weighted by atomic mass is 32.1. The summed E-state index contributed by atoms with van der Waals surface area (Å²) >= 11 is 1.46. The summed E-state index contributed by atoms with van der Waals surface area (Å²) in [7, 11) is 6.13. The zero-order chi connectivity index (χ0) is 72.5. The highest BCUT2D eigenvalue weighted by Crippen LogP contribution is 2.31. The molecular formula is C69H102N12O16S. The lowest BCUT2D eigenvalue weighted by Crippen LogP contribution is -2.60. The van der Waals surface area contributed by atoms with E-state index < -0.39 is 132 Å². The number of nitrogens with zero attached hydrogens (tertiary/aromatic N) is 5. The molecule has 1 aromatic heterocycles. The zero-order valence-electron chi connectivity index (χ0n) is 58.8. The Morgan fingerprint density at radius 2 is 1.40 bits per heavy atom. The zero-order valence-corrected chi connectivity index (χ0v) is 59.6. The molecule has 12 amide bonds. The van der Waals surface area contributed by atoms with Crippen LogP contribution in [0.4, 0.5) is 15.3 Å². The number of urea groups is 1. The van der Waals surface area contributed by atoms with Gasteiger partial charge in [-0.25, -0.2) is 19.4 Å². The highest BCUT2D eigenvalue weighted by Gasteiger charge is 2.44. The number of nitrogens with one attached hydrogen (secondary N) is 6. The molecule has 2 fully saturated rings. The van der Waals surface area contributed by atoms with Crippen molar-refractivity contribution in [2.75, 3.05) is 46.7 Å². The van der Waals surface area contributed by atoms with Gasteiger partial charge in [0.2, 0.25) is 41.4 Å². The van der Waals surface area contributed by atoms with Gasteiger partial charge in [0.15, 0.2) is 0 Å². The van der Waals surface area contributed by atoms with Gasteiger partial charge < -0.3 is 66.5 Å². The number of likely N-dealkylation sites (N-methyl/N-ethyl adjacent to an activating group) is 2. The maximum absolute atomic E-state index is 14.9. The molecule has 5 rings (SSSR count). The van der Waals surface area contributed by atoms with Gasteiger partial charge in [0, 0.05) is 84.4 Å². The van der Waals surface area contributed by atoms with Crippen molar-refractivity contribution < 1.29 is 76.6 Å². The third kappa shape index (κ3) is 23.3. The Labute approximate surface area is 578 Å². The van der Waals surface area contributed by atoms with Gasteiger partial charge >= 0.3 is 18.1 Å². The molecule has 0 bridgehead atoms. The molecule has 3 aromatic rings. The number of ether oxygens (including phenoxy) is 3. The third-order valence-corrected chi connectivity index (χ3v) is 18.8. The number of hydroxylamine groups is 2. The van der Waals surface area contributed by atoms with Crippen molar-refractivity contribution in [1.82, 2.24) is 51.3 Å². The number of rotatable bonds is 38. The SMILES string of the molecule is CC[C@H](C)[C@@H]([C@@H](CC(=O)N1CCC[C@H]1[C@H](OC)[C@@H](C)C(=O)N[C@@H](Cc1ccccc1)c1nccs1)OC)N(C)C(=O)[C@@H](NC(=O)C(C(C)C)N(C)C(=O)OCc1ccc(NC(=O)C(CCCNC(N)=O)NC(=O)[C@@H](NC(=O)CCCC(=O)ON2C(=O)CCC2=O)C(C)C)cc1)C(C)C. The van der Waals surface area contributed by atoms with Gasteiger partial charge in [-0.3, -0.25) is 48.1 Å². The van der Waals surface area contributed by atoms with Crippen LogP contribution in [0.5, 0.6) is 0 Å². The number of aromatic nitrogens is 1. The van der Waals surface area contributed by atoms with Crippen molar-refractivity contribution in [2.45, 2.75) is 200 Å². The number of hydrogen-bond donors (Lipinski definition) is 7. The van der Waals surface area contributed by atoms with E-state index in [1.54, 1.807) is 96.0 Å². The van der Waals surface area contributed by atoms with Crippen LogP contribution < -0.4 is 37.6 Å². The summed E-state index contributed by atoms with van der Waals surface area (Å²) in [6, 6.07) is 9.50. The number of likely N-dealkylation sites (tertiary alicyclic amines) is 1. The first-order valence-electron chi connectivity index (χ1n) is 33.7. The van der Waals surface area contributed by atoms with Crippen LogP contribution in [-0.2, 0) is 80.0 Å². The number of amides is 12. The first kappa shape index (κ1) is 80.1. The van der Waals surface area contributed by atoms with Crippen LogP contribution in [0.2, 0.25) is 0 Å². The minimum absolute atomic E-state index is 0.0211. The molecule has 2 aliphatic heterocycles. The number of primary amides is 1. The molecule has 0 aliphatic carbocycles. The second kappa shape index (κ2) is 39.1. The van der Waals surface area contributed by atoms with E-state index in [0.717, 1.165) is 10.6 Å². The number of anilines is 1. The molecule has 3 heterocycles. The standard InChI is InChI=1S/C69H102N12O16S/c1-14-43(8)60(51(94-12)38-55(85)80-35-20-24-50(80)61(95-13)44(9)62(87)75-49(66-71-34-36-98-66)37-45-21-16-15-17-22-45)78(10)67(91)58(41(4)5)77-65(90)59(42(6)7)79(11)69(93)96-39-46-27-29-47(30-28-46)73-63(88)48(23-19-33-72-68(70)92)74-64(89)57(40(2)3)76-52(82)25-18-26-56(86)97-81-53(83)31-32-54(81)84/h15-17,21-22,27-30,34,36,40-44,48-51,57-61H,14,18-20,23-26,31-33,35,37-39H2,1-13H3,(H,73,88)(H,74,89)(H,75,87)(H,76,82)(H,77,90)(H3,70,72,92)/t43-,44+,48?,49-,50-,51+,57-,58-,59?,60-,61+/m0/s1. The Kier molecular flexibility index (Phi) is 32.0. The van der Waals surface area contributed by atoms with Crippen LogP contribution in [0.25, 0.3) is 0 Å². The van der Waals surface area contributed by atoms with E-state index in [9.17, 15) is 57.5 Å². The largest absolute Gasteiger partial charge is 0.445 e. The van der Waals surface area contributed by atoms with E-state index in [-0.39, 0.29) is 88.3 Å². The molecule has 2 unspecified atom stereocenters. The molecule has 29 heteroatoms. The van der Waals surface area contributed by atoms with Gasteiger partial charge in [-0.1, -0.05) is 111 Å². The Hall–Kier alpha value is -8.57. The number of benzene rings is 2. The van der Waals surface area contributed by atoms with Crippen molar-refractivity contribution in [3.05, 3.63) is 82.3 Å². The van der Waals surface area contributed by atoms with E-state index in [2.05, 4.69) is 36.9 Å². The maximum Gasteiger partial charge on any atom is 0.410 e. The number of methoxy groups -OCH3 is 2. The molecule has 0 radical (unpaired) electrons. The average molecular weight is 1390 g/mol. The summed E-state index contributed by atoms with van der Waals surface area (Å²) in [6.45, 7) is 16.5. The summed E-state index contributed by atoms with van der Waals surface area (Å²) in [5.41, 5.74) is 7.09. The quantitative estimate of drug-likeness (QED) is 0.0268. The minimum Gasteiger partial charge on any atom is -0.445 e. The maximum atomic E-state index is 14.9. The molecule has 2 saturated heterocycles. The summed E-state index contributed by atoms with van der Waals surface area (Å²) in [6.07, 6.45) is 1.43. The topological polar surface area (TPSA) is 366 Å². The summed E-state index contributed by atoms with van der Waals surface area (Å²) in [4.78, 5) is 174. The van der Waals surface area contributed by atoms with Gasteiger partial charge in [0.25, 0.3) is 11.8 Å². The molecule has 2 aromatic carbocycles. The lowest BCUT2D eigenvalue weighted by atomic mass is 9.89. The van der Waals surface area contributed by atoms with E-state index in [1.165, 1.54) is 30.4 Å². The summed E-state index contributed by atoms with van der Waals surface area (Å²) in [5, 5.41) is 19.8. The van der Waals surface area contributed by atoms with Crippen LogP contribution in [0.1, 0.15) is 155 Å². The molecular weight excluding hydrogens is 1280 g/mol. The lowest BCUT2D eigenvalue weighted by Gasteiger charge is -2.41. The van der Waals surface area contributed by atoms with Gasteiger partial charge in [0.05, 0.1) is 42.7 Å². The first-order valence-corrected chi connectivity index (χ1v) is 34.5. The van der Waals surface area contributed by atoms with E-state index in [0.29, 0.717) is 48.5 Å². The monoisotopic (exact) mass is 1390 g/mol. The summed E-state index contributed by atoms with van der Waals surface area (Å²) < 4.78 is 17.9. The molecule has 98 heavy (non-hydrogen) atoms. The molecule has 11 atom stereocenters. The predicted molar refractivity (Wildman–Crippen MR) is 364 cm³/mol. The van der Waals surface area contributed by atoms with Crippen molar-refractivity contribution >= 4 is 88.3 Å². The van der Waals surface area contributed by atoms with Crippen molar-refractivity contribution in [2.24, 2.45) is 35.3 Å². The number of carbonyl (C=O) groups is 12. The van der Waals surface area contributed by atoms with Gasteiger partial charge in [-0.2, -0.15) is 0 Å². The van der Waals surface area contributed by atoms with Crippen LogP contribution in [0, 0.1) is 29.6 Å². The van der Waals surface area contributed by atoms with Crippen molar-refractivity contribution in [3.8, 4) is 0 Å². The highest BCUT2D eigenvalue weighted by molar-refractivity contribution is 7.09. The molecule has 2 aliphatic rings. The van der Waals surface area contributed by atoms with E-state index in [1.807, 2.05) is 56.5 Å². The van der Waals surface area contributed by atoms with Crippen LogP contribution in [-0.4, -0.2) is 186 Å². The normalized spacial score (nSPS) is 16.9. The lowest BCUT2D eigenvalue weighted by molar-refractivity contribution is -0.197. The summed E-state index contributed by atoms with van der Waals surface area (Å²) in [5.74, 6) is -7.70. The average Bonchev–Trinajstić information content (AvgIpc) is 1.34. The van der Waals surface area contributed by atoms with Crippen molar-refractivity contribution in [3.63, 3.8) is 0 Å². The van der Waals surface area contributed by atoms with Crippen LogP contribution >= 0.6 is 11.3 Å². The predicted octanol–water partition coefficient (Wildman–Crippen LogP) is 5.69. The number of nitrogens with two attached hydrogens (primary N) is 1. The number of carbonyl (C=O) groups excluding carboxylic acids is 12. The van der Waals surface area contributed by atoms with Gasteiger partial charge in [-0.15, -0.1) is 16.4 Å². The van der Waals surface area contributed by atoms with Crippen molar-refractivity contribution in [1.29, 1.82) is 0 Å². The number of hydrogen-bond acceptors (Lipinski definition) is 18. The Morgan fingerprint density at radius 1 is 0.735 bits per heavy atom. The van der Waals surface area contributed by atoms with Crippen LogP contribution in [0.3, 0.4) is 0 Å². The van der Waals surface area contributed by atoms with E-state index >= 15 is 0 Å². The van der Waals surface area contributed by atoms with E-state index in [4.69, 9.17) is 24.8 Å².